The second-order valence-electron chi connectivity index (χ2n) is 5.81. The lowest BCUT2D eigenvalue weighted by Gasteiger charge is -2.23. The van der Waals surface area contributed by atoms with Crippen LogP contribution in [0.1, 0.15) is 46.5 Å². The Kier molecular flexibility index (Phi) is 7.59. The average Bonchev–Trinajstić information content (AvgIpc) is 2.51. The van der Waals surface area contributed by atoms with Gasteiger partial charge in [0.05, 0.1) is 0 Å². The van der Waals surface area contributed by atoms with Crippen LogP contribution in [0.3, 0.4) is 0 Å². The van der Waals surface area contributed by atoms with Crippen molar-refractivity contribution in [1.82, 2.24) is 10.2 Å². The van der Waals surface area contributed by atoms with E-state index in [1.165, 1.54) is 0 Å². The highest BCUT2D eigenvalue weighted by Gasteiger charge is 2.28. The zero-order valence-electron chi connectivity index (χ0n) is 13.0. The standard InChI is InChI=1S/C15H28N2O3/c1-4-6-13-15(19)17(9-7-14(18)16-13)8-5-10-20-11-12(2)3/h12-13H,4-11H2,1-3H3,(H,16,18). The normalized spacial score (nSPS) is 20.2. The Balaban J connectivity index is 2.38. The van der Waals surface area contributed by atoms with E-state index in [4.69, 9.17) is 4.74 Å². The first-order valence-corrected chi connectivity index (χ1v) is 7.70. The van der Waals surface area contributed by atoms with Crippen LogP contribution < -0.4 is 5.32 Å². The number of carbonyl (C=O) groups excluding carboxylic acids is 2. The molecule has 1 aliphatic rings. The van der Waals surface area contributed by atoms with E-state index < -0.39 is 0 Å². The largest absolute Gasteiger partial charge is 0.381 e. The van der Waals surface area contributed by atoms with Gasteiger partial charge in [0.25, 0.3) is 0 Å². The summed E-state index contributed by atoms with van der Waals surface area (Å²) in [5.74, 6) is 0.572. The monoisotopic (exact) mass is 284 g/mol. The van der Waals surface area contributed by atoms with Crippen molar-refractivity contribution in [3.63, 3.8) is 0 Å². The Bertz CT molecular complexity index is 318. The summed E-state index contributed by atoms with van der Waals surface area (Å²) in [6, 6.07) is -0.341. The second kappa shape index (κ2) is 8.95. The molecule has 5 heteroatoms. The van der Waals surface area contributed by atoms with Gasteiger partial charge in [0, 0.05) is 32.7 Å². The fraction of sp³-hybridized carbons (Fsp3) is 0.867. The Morgan fingerprint density at radius 3 is 2.80 bits per heavy atom. The molecule has 20 heavy (non-hydrogen) atoms. The van der Waals surface area contributed by atoms with E-state index in [1.54, 1.807) is 4.90 Å². The molecule has 1 unspecified atom stereocenters. The van der Waals surface area contributed by atoms with Gasteiger partial charge in [-0.25, -0.2) is 0 Å². The molecule has 0 aromatic carbocycles. The van der Waals surface area contributed by atoms with E-state index >= 15 is 0 Å². The summed E-state index contributed by atoms with van der Waals surface area (Å²) < 4.78 is 5.53. The number of nitrogens with one attached hydrogen (secondary N) is 1. The minimum atomic E-state index is -0.341. The molecule has 0 aromatic rings. The molecule has 0 aliphatic carbocycles. The van der Waals surface area contributed by atoms with Crippen molar-refractivity contribution in [3.8, 4) is 0 Å². The molecule has 116 valence electrons. The van der Waals surface area contributed by atoms with Crippen molar-refractivity contribution in [2.45, 2.75) is 52.5 Å². The predicted octanol–water partition coefficient (Wildman–Crippen LogP) is 1.57. The topological polar surface area (TPSA) is 58.6 Å². The Morgan fingerprint density at radius 2 is 2.15 bits per heavy atom. The van der Waals surface area contributed by atoms with Crippen molar-refractivity contribution in [1.29, 1.82) is 0 Å². The Morgan fingerprint density at radius 1 is 1.40 bits per heavy atom. The molecule has 1 fully saturated rings. The Labute approximate surface area is 122 Å². The van der Waals surface area contributed by atoms with Crippen LogP contribution in [-0.2, 0) is 14.3 Å². The van der Waals surface area contributed by atoms with E-state index in [1.807, 2.05) is 6.92 Å². The third kappa shape index (κ3) is 5.90. The highest BCUT2D eigenvalue weighted by Crippen LogP contribution is 2.09. The number of carbonyl (C=O) groups is 2. The first-order chi connectivity index (χ1) is 9.54. The molecule has 1 heterocycles. The van der Waals surface area contributed by atoms with Gasteiger partial charge in [-0.3, -0.25) is 9.59 Å². The summed E-state index contributed by atoms with van der Waals surface area (Å²) in [6.45, 7) is 8.87. The molecule has 1 N–H and O–H groups in total. The van der Waals surface area contributed by atoms with Crippen LogP contribution in [0.2, 0.25) is 0 Å². The maximum Gasteiger partial charge on any atom is 0.245 e. The van der Waals surface area contributed by atoms with Crippen molar-refractivity contribution < 1.29 is 14.3 Å². The maximum absolute atomic E-state index is 12.3. The molecule has 1 aliphatic heterocycles. The molecule has 0 saturated carbocycles. The molecule has 0 radical (unpaired) electrons. The molecule has 0 aromatic heterocycles. The summed E-state index contributed by atoms with van der Waals surface area (Å²) in [5, 5.41) is 2.81. The van der Waals surface area contributed by atoms with Crippen LogP contribution in [0.25, 0.3) is 0 Å². The maximum atomic E-state index is 12.3. The predicted molar refractivity (Wildman–Crippen MR) is 78.3 cm³/mol. The molecular weight excluding hydrogens is 256 g/mol. The van der Waals surface area contributed by atoms with Crippen molar-refractivity contribution in [3.05, 3.63) is 0 Å². The quantitative estimate of drug-likeness (QED) is 0.688. The third-order valence-electron chi connectivity index (χ3n) is 3.30. The molecule has 1 rings (SSSR count). The van der Waals surface area contributed by atoms with E-state index in [0.29, 0.717) is 38.5 Å². The van der Waals surface area contributed by atoms with Crippen LogP contribution in [0.15, 0.2) is 0 Å². The molecular formula is C15H28N2O3. The minimum absolute atomic E-state index is 0.0182. The second-order valence-corrected chi connectivity index (χ2v) is 5.81. The van der Waals surface area contributed by atoms with Gasteiger partial charge in [0.15, 0.2) is 0 Å². The summed E-state index contributed by atoms with van der Waals surface area (Å²) in [5.41, 5.74) is 0. The van der Waals surface area contributed by atoms with Crippen LogP contribution in [0.5, 0.6) is 0 Å². The van der Waals surface area contributed by atoms with E-state index in [-0.39, 0.29) is 17.9 Å². The molecule has 1 atom stereocenters. The smallest absolute Gasteiger partial charge is 0.245 e. The number of hydrogen-bond acceptors (Lipinski definition) is 3. The van der Waals surface area contributed by atoms with Gasteiger partial charge in [-0.2, -0.15) is 0 Å². The first-order valence-electron chi connectivity index (χ1n) is 7.70. The van der Waals surface area contributed by atoms with Gasteiger partial charge in [-0.15, -0.1) is 0 Å². The molecule has 5 nitrogen and oxygen atoms in total. The number of amides is 2. The van der Waals surface area contributed by atoms with Crippen molar-refractivity contribution in [2.75, 3.05) is 26.3 Å². The number of hydrogen-bond donors (Lipinski definition) is 1. The first kappa shape index (κ1) is 17.0. The minimum Gasteiger partial charge on any atom is -0.381 e. The summed E-state index contributed by atoms with van der Waals surface area (Å²) in [4.78, 5) is 25.7. The number of nitrogens with zero attached hydrogens (tertiary/aromatic N) is 1. The zero-order chi connectivity index (χ0) is 15.0. The van der Waals surface area contributed by atoms with Gasteiger partial charge >= 0.3 is 0 Å². The van der Waals surface area contributed by atoms with E-state index in [9.17, 15) is 9.59 Å². The summed E-state index contributed by atoms with van der Waals surface area (Å²) in [7, 11) is 0. The number of ether oxygens (including phenoxy) is 1. The molecule has 0 bridgehead atoms. The highest BCUT2D eigenvalue weighted by atomic mass is 16.5. The molecule has 1 saturated heterocycles. The zero-order valence-corrected chi connectivity index (χ0v) is 13.0. The highest BCUT2D eigenvalue weighted by molar-refractivity contribution is 5.89. The van der Waals surface area contributed by atoms with Crippen LogP contribution in [0, 0.1) is 5.92 Å². The molecule has 2 amide bonds. The lowest BCUT2D eigenvalue weighted by Crippen LogP contribution is -2.45. The van der Waals surface area contributed by atoms with Crippen LogP contribution in [-0.4, -0.2) is 49.1 Å². The van der Waals surface area contributed by atoms with Gasteiger partial charge in [0.2, 0.25) is 11.8 Å². The Hall–Kier alpha value is -1.10. The fourth-order valence-electron chi connectivity index (χ4n) is 2.28. The lowest BCUT2D eigenvalue weighted by atomic mass is 10.1. The third-order valence-corrected chi connectivity index (χ3v) is 3.30. The summed E-state index contributed by atoms with van der Waals surface area (Å²) >= 11 is 0. The van der Waals surface area contributed by atoms with Gasteiger partial charge in [-0.05, 0) is 18.8 Å². The van der Waals surface area contributed by atoms with Crippen LogP contribution in [0.4, 0.5) is 0 Å². The van der Waals surface area contributed by atoms with E-state index in [0.717, 1.165) is 19.4 Å². The SMILES string of the molecule is CCCC1NC(=O)CCN(CCCOCC(C)C)C1=O. The van der Waals surface area contributed by atoms with Crippen molar-refractivity contribution >= 4 is 11.8 Å². The van der Waals surface area contributed by atoms with Gasteiger partial charge in [-0.1, -0.05) is 27.2 Å². The average molecular weight is 284 g/mol. The van der Waals surface area contributed by atoms with Crippen molar-refractivity contribution in [2.24, 2.45) is 5.92 Å². The lowest BCUT2D eigenvalue weighted by molar-refractivity contribution is -0.133. The summed E-state index contributed by atoms with van der Waals surface area (Å²) in [6.07, 6.45) is 2.83. The van der Waals surface area contributed by atoms with Gasteiger partial charge < -0.3 is 15.0 Å². The van der Waals surface area contributed by atoms with Gasteiger partial charge in [0.1, 0.15) is 6.04 Å². The van der Waals surface area contributed by atoms with Crippen LogP contribution >= 0.6 is 0 Å². The molecule has 0 spiro atoms. The number of rotatable bonds is 8. The van der Waals surface area contributed by atoms with E-state index in [2.05, 4.69) is 19.2 Å². The fourth-order valence-corrected chi connectivity index (χ4v) is 2.28.